The second-order valence-electron chi connectivity index (χ2n) is 10.2. The number of hydrogen-bond acceptors (Lipinski definition) is 5. The number of piperazine rings is 1. The van der Waals surface area contributed by atoms with Crippen LogP contribution in [0.25, 0.3) is 0 Å². The van der Waals surface area contributed by atoms with Crippen LogP contribution in [0.1, 0.15) is 40.0 Å². The molecule has 2 saturated heterocycles. The number of piperidine rings is 1. The molecule has 214 valence electrons. The summed E-state index contributed by atoms with van der Waals surface area (Å²) in [5, 5.41) is 0. The number of hydrogen-bond donors (Lipinski definition) is 0. The third-order valence-electron chi connectivity index (χ3n) is 7.58. The van der Waals surface area contributed by atoms with E-state index in [0.29, 0.717) is 31.6 Å². The number of alkyl halides is 6. The van der Waals surface area contributed by atoms with Crippen LogP contribution in [0, 0.1) is 5.92 Å². The van der Waals surface area contributed by atoms with Crippen LogP contribution in [0.5, 0.6) is 0 Å². The number of rotatable bonds is 3. The highest BCUT2D eigenvalue weighted by molar-refractivity contribution is 5.94. The highest BCUT2D eigenvalue weighted by Crippen LogP contribution is 2.37. The molecule has 0 aromatic heterocycles. The molecule has 2 fully saturated rings. The van der Waals surface area contributed by atoms with Gasteiger partial charge in [-0.25, -0.2) is 4.79 Å². The summed E-state index contributed by atoms with van der Waals surface area (Å²) in [6.45, 7) is 6.32. The van der Waals surface area contributed by atoms with E-state index in [2.05, 4.69) is 4.74 Å². The number of halogens is 6. The first-order valence-corrected chi connectivity index (χ1v) is 12.2. The van der Waals surface area contributed by atoms with Crippen molar-refractivity contribution in [3.63, 3.8) is 0 Å². The first-order valence-electron chi connectivity index (χ1n) is 12.2. The van der Waals surface area contributed by atoms with Gasteiger partial charge in [0.2, 0.25) is 5.91 Å². The molecule has 0 saturated carbocycles. The Morgan fingerprint density at radius 1 is 1.03 bits per heavy atom. The third kappa shape index (κ3) is 6.37. The molecule has 1 atom stereocenters. The zero-order valence-corrected chi connectivity index (χ0v) is 21.7. The van der Waals surface area contributed by atoms with Crippen molar-refractivity contribution in [3.8, 4) is 0 Å². The van der Waals surface area contributed by atoms with Gasteiger partial charge >= 0.3 is 18.4 Å². The van der Waals surface area contributed by atoms with Gasteiger partial charge in [-0.1, -0.05) is 13.0 Å². The molecule has 0 spiro atoms. The number of carbonyl (C=O) groups is 3. The van der Waals surface area contributed by atoms with E-state index in [1.807, 2.05) is 17.9 Å². The summed E-state index contributed by atoms with van der Waals surface area (Å²) in [4.78, 5) is 43.5. The number of allylic oxidation sites excluding steroid dienone is 1. The van der Waals surface area contributed by atoms with Crippen molar-refractivity contribution in [1.29, 1.82) is 0 Å². The van der Waals surface area contributed by atoms with E-state index in [4.69, 9.17) is 0 Å². The van der Waals surface area contributed by atoms with Gasteiger partial charge in [-0.05, 0) is 32.1 Å². The van der Waals surface area contributed by atoms with Crippen LogP contribution < -0.4 is 0 Å². The maximum absolute atomic E-state index is 13.6. The number of nitrogens with zero attached hydrogens (tertiary/aromatic N) is 4. The Morgan fingerprint density at radius 2 is 1.61 bits per heavy atom. The smallest absolute Gasteiger partial charge is 0.426 e. The van der Waals surface area contributed by atoms with Gasteiger partial charge in [-0.2, -0.15) is 26.3 Å². The van der Waals surface area contributed by atoms with Crippen molar-refractivity contribution >= 4 is 17.9 Å². The van der Waals surface area contributed by atoms with Gasteiger partial charge in [0.25, 0.3) is 12.0 Å². The van der Waals surface area contributed by atoms with Gasteiger partial charge < -0.3 is 24.3 Å². The highest BCUT2D eigenvalue weighted by Gasteiger charge is 2.60. The Kier molecular flexibility index (Phi) is 8.32. The molecule has 0 aromatic carbocycles. The van der Waals surface area contributed by atoms with Crippen LogP contribution in [-0.4, -0.2) is 101 Å². The van der Waals surface area contributed by atoms with Gasteiger partial charge in [0.15, 0.2) is 0 Å². The van der Waals surface area contributed by atoms with Gasteiger partial charge in [0.1, 0.15) is 0 Å². The quantitative estimate of drug-likeness (QED) is 0.495. The molecule has 8 nitrogen and oxygen atoms in total. The summed E-state index contributed by atoms with van der Waals surface area (Å²) in [7, 11) is 1.60. The topological polar surface area (TPSA) is 73.4 Å². The van der Waals surface area contributed by atoms with E-state index in [1.54, 1.807) is 25.1 Å². The minimum atomic E-state index is -5.79. The van der Waals surface area contributed by atoms with Gasteiger partial charge in [0.05, 0.1) is 6.54 Å². The van der Waals surface area contributed by atoms with Crippen LogP contribution in [0.4, 0.5) is 31.1 Å². The molecular weight excluding hydrogens is 522 g/mol. The maximum atomic E-state index is 13.6. The molecule has 3 amide bonds. The molecule has 0 aromatic rings. The fourth-order valence-electron chi connectivity index (χ4n) is 4.78. The Labute approximate surface area is 216 Å². The van der Waals surface area contributed by atoms with Gasteiger partial charge in [0, 0.05) is 63.2 Å². The molecular formula is C24H32F6N4O4. The van der Waals surface area contributed by atoms with Crippen molar-refractivity contribution in [2.45, 2.75) is 64.0 Å². The zero-order valence-electron chi connectivity index (χ0n) is 21.7. The Bertz CT molecular complexity index is 987. The van der Waals surface area contributed by atoms with Crippen LogP contribution in [0.15, 0.2) is 23.5 Å². The Balaban J connectivity index is 1.66. The zero-order chi connectivity index (χ0) is 28.6. The third-order valence-corrected chi connectivity index (χ3v) is 7.58. The van der Waals surface area contributed by atoms with Crippen molar-refractivity contribution < 1.29 is 45.5 Å². The van der Waals surface area contributed by atoms with E-state index < -0.39 is 30.1 Å². The molecule has 3 aliphatic rings. The monoisotopic (exact) mass is 554 g/mol. The standard InChI is InChI=1S/C24H32F6N4O4/c1-15-5-6-17-13-33(16(2)35)11-12-34(17)14-18(15)19(36)31(4)22(3)7-9-32(10-8-22)21(37)38-20(23(25,26)27)24(28,29)30/h6,14-15,20H,5,7-13H2,1-4H3. The lowest BCUT2D eigenvalue weighted by atomic mass is 9.86. The summed E-state index contributed by atoms with van der Waals surface area (Å²) in [5.41, 5.74) is 0.687. The minimum Gasteiger partial charge on any atom is -0.426 e. The highest BCUT2D eigenvalue weighted by atomic mass is 19.4. The van der Waals surface area contributed by atoms with E-state index >= 15 is 0 Å². The summed E-state index contributed by atoms with van der Waals surface area (Å²) < 4.78 is 80.4. The molecule has 3 rings (SSSR count). The average Bonchev–Trinajstić information content (AvgIpc) is 2.98. The number of carbonyl (C=O) groups excluding carboxylic acids is 3. The summed E-state index contributed by atoms with van der Waals surface area (Å²) in [6.07, 6.45) is -12.8. The first kappa shape index (κ1) is 29.6. The average molecular weight is 555 g/mol. The van der Waals surface area contributed by atoms with Crippen molar-refractivity contribution in [3.05, 3.63) is 23.5 Å². The molecule has 14 heteroatoms. The van der Waals surface area contributed by atoms with Crippen molar-refractivity contribution in [2.24, 2.45) is 5.92 Å². The normalized spacial score (nSPS) is 22.3. The van der Waals surface area contributed by atoms with E-state index in [-0.39, 0.29) is 43.7 Å². The largest absolute Gasteiger partial charge is 0.434 e. The maximum Gasteiger partial charge on any atom is 0.434 e. The number of likely N-dealkylation sites (tertiary alicyclic amines) is 1. The summed E-state index contributed by atoms with van der Waals surface area (Å²) in [5.74, 6) is -0.415. The van der Waals surface area contributed by atoms with Crippen molar-refractivity contribution in [2.75, 3.05) is 39.8 Å². The second-order valence-corrected chi connectivity index (χ2v) is 10.2. The molecule has 3 aliphatic heterocycles. The molecule has 0 bridgehead atoms. The molecule has 1 unspecified atom stereocenters. The predicted octanol–water partition coefficient (Wildman–Crippen LogP) is 3.90. The molecule has 3 heterocycles. The van der Waals surface area contributed by atoms with Crippen LogP contribution in [-0.2, 0) is 14.3 Å². The Hall–Kier alpha value is -2.93. The van der Waals surface area contributed by atoms with Crippen LogP contribution in [0.2, 0.25) is 0 Å². The fourth-order valence-corrected chi connectivity index (χ4v) is 4.78. The van der Waals surface area contributed by atoms with E-state index in [0.717, 1.165) is 10.6 Å². The van der Waals surface area contributed by atoms with E-state index in [1.165, 1.54) is 11.8 Å². The molecule has 0 N–H and O–H groups in total. The van der Waals surface area contributed by atoms with Crippen LogP contribution >= 0.6 is 0 Å². The number of ether oxygens (including phenoxy) is 1. The fraction of sp³-hybridized carbons (Fsp3) is 0.708. The molecule has 0 radical (unpaired) electrons. The van der Waals surface area contributed by atoms with Crippen LogP contribution in [0.3, 0.4) is 0 Å². The molecule has 0 aliphatic carbocycles. The Morgan fingerprint density at radius 3 is 2.13 bits per heavy atom. The predicted molar refractivity (Wildman–Crippen MR) is 123 cm³/mol. The lowest BCUT2D eigenvalue weighted by Gasteiger charge is -2.45. The molecule has 38 heavy (non-hydrogen) atoms. The van der Waals surface area contributed by atoms with Gasteiger partial charge in [-0.3, -0.25) is 9.59 Å². The van der Waals surface area contributed by atoms with E-state index in [9.17, 15) is 40.7 Å². The second kappa shape index (κ2) is 10.7. The van der Waals surface area contributed by atoms with Gasteiger partial charge in [-0.15, -0.1) is 0 Å². The lowest BCUT2D eigenvalue weighted by molar-refractivity contribution is -0.308. The first-order chi connectivity index (χ1) is 17.4. The minimum absolute atomic E-state index is 0.0293. The number of fused-ring (bicyclic) bond motifs is 1. The van der Waals surface area contributed by atoms with Crippen molar-refractivity contribution in [1.82, 2.24) is 19.6 Å². The number of likely N-dealkylation sites (N-methyl/N-ethyl adjacent to an activating group) is 1. The number of amides is 3. The lowest BCUT2D eigenvalue weighted by Crippen LogP contribution is -2.56. The SMILES string of the molecule is CC(=O)N1CCN2C=C(C(=O)N(C)C3(C)CCN(C(=O)OC(C(F)(F)F)C(F)(F)F)CC3)C(C)CC=C2C1. The summed E-state index contributed by atoms with van der Waals surface area (Å²) in [6, 6.07) is 0. The summed E-state index contributed by atoms with van der Waals surface area (Å²) >= 11 is 0.